The first-order valence-electron chi connectivity index (χ1n) is 5.57. The third-order valence-electron chi connectivity index (χ3n) is 2.55. The number of nitrogen functional groups attached to an aromatic ring is 1. The van der Waals surface area contributed by atoms with Gasteiger partial charge in [-0.05, 0) is 24.2 Å². The number of anilines is 1. The lowest BCUT2D eigenvalue weighted by Crippen LogP contribution is -2.33. The number of benzene rings is 1. The van der Waals surface area contributed by atoms with Crippen LogP contribution in [0.2, 0.25) is 0 Å². The third-order valence-corrected chi connectivity index (χ3v) is 2.55. The molecule has 0 radical (unpaired) electrons. The summed E-state index contributed by atoms with van der Waals surface area (Å²) in [4.78, 5) is 1.31. The molecule has 0 saturated carbocycles. The van der Waals surface area contributed by atoms with Crippen LogP contribution in [0.4, 0.5) is 18.9 Å². The average molecular weight is 262 g/mol. The normalized spacial score (nSPS) is 11.9. The van der Waals surface area contributed by atoms with E-state index in [0.29, 0.717) is 18.0 Å². The van der Waals surface area contributed by atoms with Crippen molar-refractivity contribution in [3.63, 3.8) is 0 Å². The predicted octanol–water partition coefficient (Wildman–Crippen LogP) is 2.66. The van der Waals surface area contributed by atoms with Crippen LogP contribution in [-0.4, -0.2) is 31.3 Å². The van der Waals surface area contributed by atoms with Gasteiger partial charge >= 0.3 is 6.18 Å². The van der Waals surface area contributed by atoms with Crippen molar-refractivity contribution in [2.24, 2.45) is 0 Å². The van der Waals surface area contributed by atoms with E-state index in [2.05, 4.69) is 0 Å². The number of halogens is 3. The largest absolute Gasteiger partial charge is 0.495 e. The molecule has 0 amide bonds. The summed E-state index contributed by atoms with van der Waals surface area (Å²) in [5.41, 5.74) is 6.87. The Hall–Kier alpha value is -1.43. The number of nitrogens with two attached hydrogens (primary N) is 1. The summed E-state index contributed by atoms with van der Waals surface area (Å²) in [7, 11) is 1.49. The fraction of sp³-hybridized carbons (Fsp3) is 0.500. The van der Waals surface area contributed by atoms with E-state index in [9.17, 15) is 13.2 Å². The highest BCUT2D eigenvalue weighted by atomic mass is 19.4. The van der Waals surface area contributed by atoms with Gasteiger partial charge in [0.1, 0.15) is 5.75 Å². The fourth-order valence-electron chi connectivity index (χ4n) is 1.67. The van der Waals surface area contributed by atoms with Gasteiger partial charge in [0.05, 0.1) is 19.3 Å². The third kappa shape index (κ3) is 4.44. The summed E-state index contributed by atoms with van der Waals surface area (Å²) in [6, 6.07) is 5.01. The van der Waals surface area contributed by atoms with Crippen LogP contribution in [0.5, 0.6) is 5.75 Å². The second kappa shape index (κ2) is 5.95. The lowest BCUT2D eigenvalue weighted by molar-refractivity contribution is -0.146. The summed E-state index contributed by atoms with van der Waals surface area (Å²) in [6.07, 6.45) is -4.19. The van der Waals surface area contributed by atoms with Gasteiger partial charge in [-0.25, -0.2) is 0 Å². The zero-order valence-corrected chi connectivity index (χ0v) is 10.4. The number of hydrogen-bond donors (Lipinski definition) is 1. The monoisotopic (exact) mass is 262 g/mol. The minimum atomic E-state index is -4.19. The van der Waals surface area contributed by atoms with Gasteiger partial charge in [-0.15, -0.1) is 0 Å². The summed E-state index contributed by atoms with van der Waals surface area (Å²) in [5, 5.41) is 0. The van der Waals surface area contributed by atoms with Crippen molar-refractivity contribution in [1.29, 1.82) is 0 Å². The summed E-state index contributed by atoms with van der Waals surface area (Å²) < 4.78 is 41.9. The molecule has 0 aliphatic heterocycles. The highest BCUT2D eigenvalue weighted by Gasteiger charge is 2.30. The van der Waals surface area contributed by atoms with E-state index in [0.717, 1.165) is 5.56 Å². The van der Waals surface area contributed by atoms with Crippen LogP contribution in [0.1, 0.15) is 12.5 Å². The van der Waals surface area contributed by atoms with Crippen molar-refractivity contribution in [3.05, 3.63) is 23.8 Å². The molecule has 1 aromatic rings. The molecule has 0 unspecified atom stereocenters. The molecule has 18 heavy (non-hydrogen) atoms. The van der Waals surface area contributed by atoms with Crippen LogP contribution in [0, 0.1) is 0 Å². The topological polar surface area (TPSA) is 38.5 Å². The molecule has 0 aromatic heterocycles. The highest BCUT2D eigenvalue weighted by molar-refractivity contribution is 5.54. The van der Waals surface area contributed by atoms with Crippen molar-refractivity contribution in [1.82, 2.24) is 4.90 Å². The zero-order valence-electron chi connectivity index (χ0n) is 10.4. The smallest absolute Gasteiger partial charge is 0.401 e. The summed E-state index contributed by atoms with van der Waals surface area (Å²) in [5.74, 6) is 0.526. The second-order valence-electron chi connectivity index (χ2n) is 3.99. The maximum absolute atomic E-state index is 12.3. The molecule has 0 saturated heterocycles. The van der Waals surface area contributed by atoms with Gasteiger partial charge in [0.15, 0.2) is 0 Å². The predicted molar refractivity (Wildman–Crippen MR) is 64.4 cm³/mol. The van der Waals surface area contributed by atoms with Gasteiger partial charge in [-0.3, -0.25) is 4.90 Å². The van der Waals surface area contributed by atoms with E-state index >= 15 is 0 Å². The molecule has 1 aromatic carbocycles. The molecule has 102 valence electrons. The van der Waals surface area contributed by atoms with Crippen LogP contribution >= 0.6 is 0 Å². The van der Waals surface area contributed by atoms with E-state index in [4.69, 9.17) is 10.5 Å². The number of ether oxygens (including phenoxy) is 1. The standard InChI is InChI=1S/C12H17F3N2O/c1-3-17(8-12(13,14)15)7-9-4-5-11(18-2)10(16)6-9/h4-6H,3,7-8,16H2,1-2H3. The minimum Gasteiger partial charge on any atom is -0.495 e. The van der Waals surface area contributed by atoms with Gasteiger partial charge in [-0.2, -0.15) is 13.2 Å². The molecule has 3 nitrogen and oxygen atoms in total. The van der Waals surface area contributed by atoms with E-state index in [1.165, 1.54) is 12.0 Å². The Labute approximate surface area is 104 Å². The van der Waals surface area contributed by atoms with Crippen molar-refractivity contribution in [2.45, 2.75) is 19.6 Å². The van der Waals surface area contributed by atoms with Crippen molar-refractivity contribution >= 4 is 5.69 Å². The van der Waals surface area contributed by atoms with Gasteiger partial charge in [0.2, 0.25) is 0 Å². The van der Waals surface area contributed by atoms with E-state index in [-0.39, 0.29) is 6.54 Å². The average Bonchev–Trinajstić information content (AvgIpc) is 2.26. The number of alkyl halides is 3. The second-order valence-corrected chi connectivity index (χ2v) is 3.99. The Kier molecular flexibility index (Phi) is 4.84. The van der Waals surface area contributed by atoms with Crippen molar-refractivity contribution < 1.29 is 17.9 Å². The van der Waals surface area contributed by atoms with E-state index < -0.39 is 12.7 Å². The SMILES string of the molecule is CCN(Cc1ccc(OC)c(N)c1)CC(F)(F)F. The Morgan fingerprint density at radius 3 is 2.44 bits per heavy atom. The maximum Gasteiger partial charge on any atom is 0.401 e. The molecule has 6 heteroatoms. The van der Waals surface area contributed by atoms with Crippen LogP contribution in [-0.2, 0) is 6.54 Å². The van der Waals surface area contributed by atoms with Crippen LogP contribution in [0.3, 0.4) is 0 Å². The molecule has 0 aliphatic carbocycles. The van der Waals surface area contributed by atoms with Crippen molar-refractivity contribution in [2.75, 3.05) is 25.9 Å². The highest BCUT2D eigenvalue weighted by Crippen LogP contribution is 2.23. The lowest BCUT2D eigenvalue weighted by Gasteiger charge is -2.22. The van der Waals surface area contributed by atoms with E-state index in [1.54, 1.807) is 25.1 Å². The van der Waals surface area contributed by atoms with Crippen molar-refractivity contribution in [3.8, 4) is 5.75 Å². The Bertz CT molecular complexity index is 393. The number of methoxy groups -OCH3 is 1. The first kappa shape index (κ1) is 14.6. The zero-order chi connectivity index (χ0) is 13.8. The first-order chi connectivity index (χ1) is 8.35. The minimum absolute atomic E-state index is 0.213. The Morgan fingerprint density at radius 1 is 1.33 bits per heavy atom. The molecule has 0 aliphatic rings. The number of hydrogen-bond acceptors (Lipinski definition) is 3. The molecule has 0 spiro atoms. The van der Waals surface area contributed by atoms with E-state index in [1.807, 2.05) is 0 Å². The molecule has 0 atom stereocenters. The van der Waals surface area contributed by atoms with Gasteiger partial charge in [0.25, 0.3) is 0 Å². The van der Waals surface area contributed by atoms with Gasteiger partial charge < -0.3 is 10.5 Å². The summed E-state index contributed by atoms with van der Waals surface area (Å²) in [6.45, 7) is 1.31. The molecule has 0 fully saturated rings. The van der Waals surface area contributed by atoms with Crippen LogP contribution in [0.15, 0.2) is 18.2 Å². The van der Waals surface area contributed by atoms with Crippen LogP contribution < -0.4 is 10.5 Å². The lowest BCUT2D eigenvalue weighted by atomic mass is 10.1. The Morgan fingerprint density at radius 2 is 2.00 bits per heavy atom. The molecule has 0 heterocycles. The molecular formula is C12H17F3N2O. The summed E-state index contributed by atoms with van der Waals surface area (Å²) >= 11 is 0. The number of rotatable bonds is 5. The Balaban J connectivity index is 2.73. The molecule has 1 rings (SSSR count). The van der Waals surface area contributed by atoms with Crippen LogP contribution in [0.25, 0.3) is 0 Å². The maximum atomic E-state index is 12.3. The number of nitrogens with zero attached hydrogens (tertiary/aromatic N) is 1. The quantitative estimate of drug-likeness (QED) is 0.829. The van der Waals surface area contributed by atoms with Gasteiger partial charge in [0, 0.05) is 6.54 Å². The molecule has 2 N–H and O–H groups in total. The molecular weight excluding hydrogens is 245 g/mol. The molecule has 0 bridgehead atoms. The first-order valence-corrected chi connectivity index (χ1v) is 5.57. The van der Waals surface area contributed by atoms with Gasteiger partial charge in [-0.1, -0.05) is 13.0 Å². The fourth-order valence-corrected chi connectivity index (χ4v) is 1.67.